The molecule has 84 heavy (non-hydrogen) atoms. The van der Waals surface area contributed by atoms with Crippen molar-refractivity contribution >= 4 is 116 Å². The van der Waals surface area contributed by atoms with Gasteiger partial charge in [-0.1, -0.05) is 223 Å². The third kappa shape index (κ3) is 7.73. The van der Waals surface area contributed by atoms with Gasteiger partial charge in [-0.05, 0) is 198 Å². The standard InChI is InChI=1S/C81H57N3/c1-54-32-40-59(41-33-54)82(63-48-50-73-69-24-8-6-20-65(69)67-22-10-12-26-71(67)75(73)52-63)61-44-36-56(37-45-61)81(77-28-14-16-30-79(77)84(58-18-4-3-5-19-58)80-31-17-15-29-78(80)81)57-38-46-62(47-39-57)83(60-42-34-55(2)35-43-60)64-49-51-74-70-25-9-7-21-66(70)68-23-11-13-27-72(68)76(74)53-64/h3-53H,1-2H3. The van der Waals surface area contributed by atoms with E-state index in [1.54, 1.807) is 0 Å². The Hall–Kier alpha value is -10.7. The lowest BCUT2D eigenvalue weighted by atomic mass is 9.62. The zero-order valence-electron chi connectivity index (χ0n) is 46.8. The lowest BCUT2D eigenvalue weighted by Gasteiger charge is -2.46. The van der Waals surface area contributed by atoms with E-state index in [4.69, 9.17) is 0 Å². The molecule has 1 aliphatic rings. The smallest absolute Gasteiger partial charge is 0.0742 e. The molecule has 0 aromatic heterocycles. The van der Waals surface area contributed by atoms with Gasteiger partial charge in [-0.15, -0.1) is 0 Å². The molecular weight excluding hydrogens is 1010 g/mol. The van der Waals surface area contributed by atoms with Crippen LogP contribution in [0, 0.1) is 13.8 Å². The van der Waals surface area contributed by atoms with Crippen LogP contribution in [0.2, 0.25) is 0 Å². The SMILES string of the molecule is Cc1ccc(N(c2ccc(C3(c4ccc(N(c5ccc(C)cc5)c5ccc6c7ccccc7c7ccccc7c6c5)cc4)c4ccccc4N(c4ccccc4)c4ccccc43)cc2)c2ccc3c4ccccc4c4ccccc4c3c2)cc1. The molecule has 3 heteroatoms. The van der Waals surface area contributed by atoms with Crippen molar-refractivity contribution in [1.29, 1.82) is 0 Å². The summed E-state index contributed by atoms with van der Waals surface area (Å²) in [4.78, 5) is 7.29. The molecule has 0 unspecified atom stereocenters. The molecule has 396 valence electrons. The van der Waals surface area contributed by atoms with Crippen molar-refractivity contribution in [2.45, 2.75) is 19.3 Å². The van der Waals surface area contributed by atoms with Crippen molar-refractivity contribution in [3.8, 4) is 0 Å². The molecule has 0 amide bonds. The molecule has 1 heterocycles. The number of rotatable bonds is 9. The number of benzene rings is 15. The fraction of sp³-hybridized carbons (Fsp3) is 0.0370. The number of fused-ring (bicyclic) bond motifs is 14. The molecule has 0 spiro atoms. The molecule has 15 aromatic rings. The Labute approximate surface area is 489 Å². The zero-order chi connectivity index (χ0) is 55.9. The van der Waals surface area contributed by atoms with Gasteiger partial charge >= 0.3 is 0 Å². The minimum atomic E-state index is -0.745. The number of hydrogen-bond acceptors (Lipinski definition) is 3. The summed E-state index contributed by atoms with van der Waals surface area (Å²) in [5, 5.41) is 15.1. The highest BCUT2D eigenvalue weighted by molar-refractivity contribution is 6.27. The summed E-state index contributed by atoms with van der Waals surface area (Å²) in [5.41, 5.74) is 16.4. The van der Waals surface area contributed by atoms with Crippen LogP contribution in [0.5, 0.6) is 0 Å². The van der Waals surface area contributed by atoms with Crippen molar-refractivity contribution in [3.05, 3.63) is 343 Å². The van der Waals surface area contributed by atoms with E-state index in [1.165, 1.54) is 98.0 Å². The van der Waals surface area contributed by atoms with Crippen LogP contribution >= 0.6 is 0 Å². The minimum absolute atomic E-state index is 0.745. The number of para-hydroxylation sites is 3. The second-order valence-corrected chi connectivity index (χ2v) is 22.5. The maximum absolute atomic E-state index is 2.45. The summed E-state index contributed by atoms with van der Waals surface area (Å²) in [5.74, 6) is 0. The van der Waals surface area contributed by atoms with E-state index in [-0.39, 0.29) is 0 Å². The van der Waals surface area contributed by atoms with Crippen LogP contribution in [0.25, 0.3) is 64.6 Å². The number of hydrogen-bond donors (Lipinski definition) is 0. The van der Waals surface area contributed by atoms with Gasteiger partial charge in [0.05, 0.1) is 16.8 Å². The summed E-state index contributed by atoms with van der Waals surface area (Å²) in [7, 11) is 0. The fourth-order valence-electron chi connectivity index (χ4n) is 14.0. The van der Waals surface area contributed by atoms with Crippen LogP contribution in [-0.2, 0) is 5.41 Å². The van der Waals surface area contributed by atoms with Crippen molar-refractivity contribution in [2.24, 2.45) is 0 Å². The maximum atomic E-state index is 2.45. The fourth-order valence-corrected chi connectivity index (χ4v) is 14.0. The molecule has 0 aliphatic carbocycles. The predicted molar refractivity (Wildman–Crippen MR) is 357 cm³/mol. The molecule has 16 rings (SSSR count). The summed E-state index contributed by atoms with van der Waals surface area (Å²) >= 11 is 0. The molecule has 0 radical (unpaired) electrons. The van der Waals surface area contributed by atoms with Crippen LogP contribution in [0.3, 0.4) is 0 Å². The maximum Gasteiger partial charge on any atom is 0.0742 e. The van der Waals surface area contributed by atoms with Gasteiger partial charge in [0.25, 0.3) is 0 Å². The molecule has 0 atom stereocenters. The molecule has 3 nitrogen and oxygen atoms in total. The van der Waals surface area contributed by atoms with Gasteiger partial charge in [-0.3, -0.25) is 0 Å². The highest BCUT2D eigenvalue weighted by Crippen LogP contribution is 2.58. The normalized spacial score (nSPS) is 12.7. The van der Waals surface area contributed by atoms with Crippen molar-refractivity contribution < 1.29 is 0 Å². The molecular formula is C81H57N3. The molecule has 0 bridgehead atoms. The van der Waals surface area contributed by atoms with E-state index in [1.807, 2.05) is 0 Å². The topological polar surface area (TPSA) is 9.72 Å². The van der Waals surface area contributed by atoms with Crippen molar-refractivity contribution in [1.82, 2.24) is 0 Å². The third-order valence-corrected chi connectivity index (χ3v) is 17.8. The summed E-state index contributed by atoms with van der Waals surface area (Å²) in [6.45, 7) is 4.32. The summed E-state index contributed by atoms with van der Waals surface area (Å²) < 4.78 is 0. The molecule has 15 aromatic carbocycles. The highest BCUT2D eigenvalue weighted by atomic mass is 15.2. The highest BCUT2D eigenvalue weighted by Gasteiger charge is 2.46. The van der Waals surface area contributed by atoms with Crippen LogP contribution in [0.4, 0.5) is 51.2 Å². The van der Waals surface area contributed by atoms with Crippen LogP contribution < -0.4 is 14.7 Å². The van der Waals surface area contributed by atoms with Gasteiger partial charge in [-0.25, -0.2) is 0 Å². The Bertz CT molecular complexity index is 4660. The quantitative estimate of drug-likeness (QED) is 0.133. The number of nitrogens with zero attached hydrogens (tertiary/aromatic N) is 3. The van der Waals surface area contributed by atoms with Crippen LogP contribution in [0.15, 0.2) is 309 Å². The minimum Gasteiger partial charge on any atom is -0.310 e. The van der Waals surface area contributed by atoms with Gasteiger partial charge in [0, 0.05) is 39.8 Å². The largest absolute Gasteiger partial charge is 0.310 e. The first kappa shape index (κ1) is 49.1. The van der Waals surface area contributed by atoms with Gasteiger partial charge in [0.1, 0.15) is 0 Å². The first-order valence-corrected chi connectivity index (χ1v) is 29.1. The molecule has 0 saturated heterocycles. The Kier molecular flexibility index (Phi) is 11.6. The van der Waals surface area contributed by atoms with E-state index in [0.29, 0.717) is 0 Å². The Balaban J connectivity index is 0.895. The zero-order valence-corrected chi connectivity index (χ0v) is 46.8. The van der Waals surface area contributed by atoms with Crippen molar-refractivity contribution in [2.75, 3.05) is 14.7 Å². The second-order valence-electron chi connectivity index (χ2n) is 22.5. The van der Waals surface area contributed by atoms with Gasteiger partial charge in [-0.2, -0.15) is 0 Å². The molecule has 0 saturated carbocycles. The van der Waals surface area contributed by atoms with E-state index < -0.39 is 5.41 Å². The molecule has 0 N–H and O–H groups in total. The average molecular weight is 1070 g/mol. The Morgan fingerprint density at radius 3 is 0.869 bits per heavy atom. The summed E-state index contributed by atoms with van der Waals surface area (Å²) in [6.07, 6.45) is 0. The Morgan fingerprint density at radius 2 is 0.512 bits per heavy atom. The molecule has 0 fully saturated rings. The third-order valence-electron chi connectivity index (χ3n) is 17.8. The van der Waals surface area contributed by atoms with Crippen molar-refractivity contribution in [3.63, 3.8) is 0 Å². The second kappa shape index (κ2) is 19.8. The summed E-state index contributed by atoms with van der Waals surface area (Å²) in [6, 6.07) is 115. The number of aryl methyl sites for hydroxylation is 2. The number of anilines is 9. The van der Waals surface area contributed by atoms with Crippen LogP contribution in [0.1, 0.15) is 33.4 Å². The van der Waals surface area contributed by atoms with Gasteiger partial charge in [0.2, 0.25) is 0 Å². The van der Waals surface area contributed by atoms with Gasteiger partial charge in [0.15, 0.2) is 0 Å². The average Bonchev–Trinajstić information content (AvgIpc) is 0.937. The first-order chi connectivity index (χ1) is 41.5. The molecule has 1 aliphatic heterocycles. The lowest BCUT2D eigenvalue weighted by Crippen LogP contribution is -2.37. The van der Waals surface area contributed by atoms with Gasteiger partial charge < -0.3 is 14.7 Å². The van der Waals surface area contributed by atoms with E-state index in [9.17, 15) is 0 Å². The lowest BCUT2D eigenvalue weighted by molar-refractivity contribution is 0.731. The monoisotopic (exact) mass is 1070 g/mol. The van der Waals surface area contributed by atoms with E-state index >= 15 is 0 Å². The van der Waals surface area contributed by atoms with Crippen LogP contribution in [-0.4, -0.2) is 0 Å². The van der Waals surface area contributed by atoms with E-state index in [0.717, 1.165) is 51.2 Å². The Morgan fingerprint density at radius 1 is 0.238 bits per heavy atom. The first-order valence-electron chi connectivity index (χ1n) is 29.1. The van der Waals surface area contributed by atoms with E-state index in [2.05, 4.69) is 338 Å². The predicted octanol–water partition coefficient (Wildman–Crippen LogP) is 22.3.